The van der Waals surface area contributed by atoms with Crippen molar-refractivity contribution < 1.29 is 26.4 Å². The van der Waals surface area contributed by atoms with Gasteiger partial charge in [-0.3, -0.25) is 9.52 Å². The van der Waals surface area contributed by atoms with Crippen molar-refractivity contribution >= 4 is 33.2 Å². The number of sulfonamides is 1. The summed E-state index contributed by atoms with van der Waals surface area (Å²) in [6.45, 7) is 0.980. The Morgan fingerprint density at radius 3 is 2.54 bits per heavy atom. The third-order valence-electron chi connectivity index (χ3n) is 4.28. The molecule has 3 rings (SSSR count). The zero-order chi connectivity index (χ0) is 20.5. The quantitative estimate of drug-likeness (QED) is 0.766. The highest BCUT2D eigenvalue weighted by molar-refractivity contribution is 7.92. The van der Waals surface area contributed by atoms with Crippen LogP contribution in [0.4, 0.5) is 18.9 Å². The lowest BCUT2D eigenvalue weighted by atomic mass is 10.2. The van der Waals surface area contributed by atoms with Crippen LogP contribution in [-0.4, -0.2) is 25.8 Å². The number of rotatable bonds is 5. The van der Waals surface area contributed by atoms with E-state index in [0.29, 0.717) is 31.1 Å². The summed E-state index contributed by atoms with van der Waals surface area (Å²) in [7, 11) is -4.26. The van der Waals surface area contributed by atoms with Crippen molar-refractivity contribution in [2.45, 2.75) is 30.5 Å². The topological polar surface area (TPSA) is 66.5 Å². The van der Waals surface area contributed by atoms with Crippen LogP contribution in [0, 0.1) is 0 Å². The Labute approximate surface area is 165 Å². The first-order chi connectivity index (χ1) is 13.1. The fraction of sp³-hybridized carbons (Fsp3) is 0.278. The summed E-state index contributed by atoms with van der Waals surface area (Å²) < 4.78 is 66.3. The van der Waals surface area contributed by atoms with Crippen molar-refractivity contribution in [1.29, 1.82) is 0 Å². The van der Waals surface area contributed by atoms with E-state index in [1.807, 2.05) is 0 Å². The number of anilines is 1. The molecule has 1 aliphatic heterocycles. The molecule has 10 heteroatoms. The third kappa shape index (κ3) is 4.59. The van der Waals surface area contributed by atoms with Crippen molar-refractivity contribution in [3.05, 3.63) is 58.6 Å². The Bertz CT molecular complexity index is 1010. The van der Waals surface area contributed by atoms with Gasteiger partial charge in [0.15, 0.2) is 0 Å². The first-order valence-electron chi connectivity index (χ1n) is 8.32. The summed E-state index contributed by atoms with van der Waals surface area (Å²) >= 11 is 5.54. The molecule has 0 bridgehead atoms. The van der Waals surface area contributed by atoms with Gasteiger partial charge in [0.25, 0.3) is 10.0 Å². The highest BCUT2D eigenvalue weighted by Gasteiger charge is 2.34. The lowest BCUT2D eigenvalue weighted by Crippen LogP contribution is -2.23. The second-order valence-corrected chi connectivity index (χ2v) is 8.45. The summed E-state index contributed by atoms with van der Waals surface area (Å²) in [6, 6.07) is 8.78. The summed E-state index contributed by atoms with van der Waals surface area (Å²) in [5, 5.41) is -0.580. The Morgan fingerprint density at radius 2 is 1.89 bits per heavy atom. The molecule has 1 amide bonds. The number of carbonyl (C=O) groups excluding carboxylic acids is 1. The van der Waals surface area contributed by atoms with E-state index in [-0.39, 0.29) is 11.6 Å². The minimum absolute atomic E-state index is 0.0341. The van der Waals surface area contributed by atoms with E-state index in [9.17, 15) is 26.4 Å². The zero-order valence-electron chi connectivity index (χ0n) is 14.5. The highest BCUT2D eigenvalue weighted by atomic mass is 35.5. The van der Waals surface area contributed by atoms with Gasteiger partial charge in [0, 0.05) is 25.2 Å². The molecule has 0 atom stereocenters. The summed E-state index contributed by atoms with van der Waals surface area (Å²) in [5.41, 5.74) is -0.325. The van der Waals surface area contributed by atoms with Gasteiger partial charge in [0.2, 0.25) is 5.91 Å². The molecule has 1 heterocycles. The fourth-order valence-electron chi connectivity index (χ4n) is 2.93. The molecule has 2 aromatic carbocycles. The van der Waals surface area contributed by atoms with E-state index >= 15 is 0 Å². The number of benzene rings is 2. The number of nitrogens with zero attached hydrogens (tertiary/aromatic N) is 1. The Hall–Kier alpha value is -2.26. The molecule has 0 radical (unpaired) electrons. The maximum atomic E-state index is 13.0. The maximum absolute atomic E-state index is 13.0. The molecule has 0 unspecified atom stereocenters. The molecule has 28 heavy (non-hydrogen) atoms. The number of carbonyl (C=O) groups is 1. The number of halogens is 4. The van der Waals surface area contributed by atoms with Crippen LogP contribution < -0.4 is 4.72 Å². The van der Waals surface area contributed by atoms with Crippen LogP contribution in [-0.2, 0) is 27.5 Å². The van der Waals surface area contributed by atoms with Crippen LogP contribution in [0.25, 0.3) is 0 Å². The molecule has 2 aromatic rings. The average molecular weight is 433 g/mol. The predicted octanol–water partition coefficient (Wildman–Crippen LogP) is 4.28. The Morgan fingerprint density at radius 1 is 1.14 bits per heavy atom. The molecule has 0 aliphatic carbocycles. The van der Waals surface area contributed by atoms with Crippen molar-refractivity contribution in [2.24, 2.45) is 0 Å². The van der Waals surface area contributed by atoms with Crippen LogP contribution in [0.15, 0.2) is 47.4 Å². The monoisotopic (exact) mass is 432 g/mol. The Kier molecular flexibility index (Phi) is 5.58. The van der Waals surface area contributed by atoms with Gasteiger partial charge in [-0.05, 0) is 42.3 Å². The molecule has 1 fully saturated rings. The molecule has 0 aromatic heterocycles. The molecular formula is C18H16ClF3N2O3S. The fourth-order valence-corrected chi connectivity index (χ4v) is 4.23. The molecule has 0 saturated carbocycles. The first kappa shape index (κ1) is 20.5. The van der Waals surface area contributed by atoms with Crippen molar-refractivity contribution in [3.63, 3.8) is 0 Å². The summed E-state index contributed by atoms with van der Waals surface area (Å²) in [6.07, 6.45) is -3.50. The third-order valence-corrected chi connectivity index (χ3v) is 5.99. The number of alkyl halides is 3. The van der Waals surface area contributed by atoms with E-state index in [2.05, 4.69) is 4.72 Å². The average Bonchev–Trinajstić information content (AvgIpc) is 2.99. The van der Waals surface area contributed by atoms with Crippen molar-refractivity contribution in [3.8, 4) is 0 Å². The molecule has 0 spiro atoms. The van der Waals surface area contributed by atoms with Crippen LogP contribution in [0.5, 0.6) is 0 Å². The van der Waals surface area contributed by atoms with Crippen LogP contribution >= 0.6 is 11.6 Å². The minimum atomic E-state index is -4.77. The number of amides is 1. The standard InChI is InChI=1S/C18H16ClF3N2O3S/c19-16-7-6-14(10-15(16)18(20,21)22)28(26,27)23-13-4-1-3-12(9-13)11-24-8-2-5-17(24)25/h1,3-4,6-7,9-10,23H,2,5,8,11H2. The summed E-state index contributed by atoms with van der Waals surface area (Å²) in [4.78, 5) is 12.8. The van der Waals surface area contributed by atoms with Gasteiger partial charge in [-0.2, -0.15) is 13.2 Å². The first-order valence-corrected chi connectivity index (χ1v) is 10.2. The molecular weight excluding hydrogens is 417 g/mol. The number of hydrogen-bond acceptors (Lipinski definition) is 3. The summed E-state index contributed by atoms with van der Waals surface area (Å²) in [5.74, 6) is 0.0341. The van der Waals surface area contributed by atoms with Gasteiger partial charge in [-0.25, -0.2) is 8.42 Å². The van der Waals surface area contributed by atoms with Crippen molar-refractivity contribution in [2.75, 3.05) is 11.3 Å². The molecule has 150 valence electrons. The van der Waals surface area contributed by atoms with Gasteiger partial charge in [0.05, 0.1) is 15.5 Å². The lowest BCUT2D eigenvalue weighted by molar-refractivity contribution is -0.137. The Balaban J connectivity index is 1.83. The predicted molar refractivity (Wildman–Crippen MR) is 98.4 cm³/mol. The van der Waals surface area contributed by atoms with Gasteiger partial charge in [0.1, 0.15) is 0 Å². The second kappa shape index (κ2) is 7.63. The zero-order valence-corrected chi connectivity index (χ0v) is 16.0. The lowest BCUT2D eigenvalue weighted by Gasteiger charge is -2.16. The van der Waals surface area contributed by atoms with Gasteiger partial charge >= 0.3 is 6.18 Å². The van der Waals surface area contributed by atoms with E-state index in [0.717, 1.165) is 18.6 Å². The van der Waals surface area contributed by atoms with E-state index in [4.69, 9.17) is 11.6 Å². The molecule has 1 saturated heterocycles. The normalized spacial score (nSPS) is 15.1. The van der Waals surface area contributed by atoms with Gasteiger partial charge in [-0.15, -0.1) is 0 Å². The van der Waals surface area contributed by atoms with Crippen LogP contribution in [0.3, 0.4) is 0 Å². The smallest absolute Gasteiger partial charge is 0.338 e. The van der Waals surface area contributed by atoms with Gasteiger partial charge < -0.3 is 4.90 Å². The maximum Gasteiger partial charge on any atom is 0.417 e. The van der Waals surface area contributed by atoms with E-state index in [1.165, 1.54) is 6.07 Å². The molecule has 1 aliphatic rings. The van der Waals surface area contributed by atoms with Crippen LogP contribution in [0.2, 0.25) is 5.02 Å². The highest BCUT2D eigenvalue weighted by Crippen LogP contribution is 2.36. The van der Waals surface area contributed by atoms with E-state index in [1.54, 1.807) is 23.1 Å². The van der Waals surface area contributed by atoms with Gasteiger partial charge in [-0.1, -0.05) is 23.7 Å². The minimum Gasteiger partial charge on any atom is -0.338 e. The van der Waals surface area contributed by atoms with Crippen molar-refractivity contribution in [1.82, 2.24) is 4.90 Å². The second-order valence-electron chi connectivity index (χ2n) is 6.36. The van der Waals surface area contributed by atoms with Crippen LogP contribution in [0.1, 0.15) is 24.0 Å². The number of likely N-dealkylation sites (tertiary alicyclic amines) is 1. The number of hydrogen-bond donors (Lipinski definition) is 1. The SMILES string of the molecule is O=C1CCCN1Cc1cccc(NS(=O)(=O)c2ccc(Cl)c(C(F)(F)F)c2)c1. The van der Waals surface area contributed by atoms with E-state index < -0.39 is 31.7 Å². The molecule has 1 N–H and O–H groups in total. The molecule has 5 nitrogen and oxygen atoms in total. The number of nitrogens with one attached hydrogen (secondary N) is 1. The largest absolute Gasteiger partial charge is 0.417 e.